The Kier molecular flexibility index (Phi) is 4.68. The first kappa shape index (κ1) is 17.7. The number of fused-ring (bicyclic) bond motifs is 1. The monoisotopic (exact) mass is 439 g/mol. The second-order valence-corrected chi connectivity index (χ2v) is 8.53. The number of aromatic nitrogens is 1. The van der Waals surface area contributed by atoms with Gasteiger partial charge in [0.25, 0.3) is 0 Å². The fourth-order valence-electron chi connectivity index (χ4n) is 2.99. The van der Waals surface area contributed by atoms with Crippen LogP contribution in [0, 0.1) is 0 Å². The van der Waals surface area contributed by atoms with Crippen LogP contribution in [0.2, 0.25) is 0 Å². The number of thiophene rings is 1. The number of H-pyrrole nitrogens is 1. The molecule has 0 fully saturated rings. The van der Waals surface area contributed by atoms with Gasteiger partial charge in [-0.05, 0) is 45.3 Å². The van der Waals surface area contributed by atoms with E-state index in [0.717, 1.165) is 22.2 Å². The molecule has 0 spiro atoms. The molecule has 2 aromatic carbocycles. The van der Waals surface area contributed by atoms with E-state index in [-0.39, 0.29) is 12.2 Å². The fourth-order valence-corrected chi connectivity index (χ4v) is 4.63. The van der Waals surface area contributed by atoms with Crippen LogP contribution >= 0.6 is 27.3 Å². The van der Waals surface area contributed by atoms with Crippen molar-refractivity contribution in [1.29, 1.82) is 0 Å². The third-order valence-electron chi connectivity index (χ3n) is 4.29. The lowest BCUT2D eigenvalue weighted by molar-refractivity contribution is -0.136. The molecule has 27 heavy (non-hydrogen) atoms. The second-order valence-electron chi connectivity index (χ2n) is 6.16. The van der Waals surface area contributed by atoms with E-state index in [1.807, 2.05) is 42.5 Å². The van der Waals surface area contributed by atoms with E-state index in [1.54, 1.807) is 12.1 Å². The summed E-state index contributed by atoms with van der Waals surface area (Å²) < 4.78 is 0.681. The lowest BCUT2D eigenvalue weighted by Crippen LogP contribution is -2.00. The molecule has 0 aliphatic carbocycles. The van der Waals surface area contributed by atoms with Crippen molar-refractivity contribution in [2.24, 2.45) is 0 Å². The van der Waals surface area contributed by atoms with Crippen molar-refractivity contribution in [3.05, 3.63) is 80.5 Å². The zero-order valence-electron chi connectivity index (χ0n) is 14.0. The Morgan fingerprint density at radius 2 is 1.81 bits per heavy atom. The molecule has 2 aromatic heterocycles. The van der Waals surface area contributed by atoms with E-state index in [0.29, 0.717) is 19.8 Å². The Hall–Kier alpha value is -2.70. The molecular formula is C21H14BrNO3S. The Balaban J connectivity index is 1.67. The number of hydrogen-bond acceptors (Lipinski definition) is 3. The number of aliphatic carboxylic acids is 1. The van der Waals surface area contributed by atoms with Gasteiger partial charge in [-0.2, -0.15) is 0 Å². The van der Waals surface area contributed by atoms with Gasteiger partial charge in [-0.1, -0.05) is 42.5 Å². The summed E-state index contributed by atoms with van der Waals surface area (Å²) in [6, 6.07) is 19.3. The Morgan fingerprint density at radius 3 is 2.56 bits per heavy atom. The van der Waals surface area contributed by atoms with Gasteiger partial charge < -0.3 is 10.1 Å². The lowest BCUT2D eigenvalue weighted by Gasteiger charge is -1.99. The molecule has 6 heteroatoms. The quantitative estimate of drug-likeness (QED) is 0.402. The molecule has 2 heterocycles. The summed E-state index contributed by atoms with van der Waals surface area (Å²) in [6.45, 7) is 0. The minimum atomic E-state index is -0.922. The minimum absolute atomic E-state index is 0.111. The number of halogens is 1. The van der Waals surface area contributed by atoms with E-state index < -0.39 is 5.97 Å². The highest BCUT2D eigenvalue weighted by atomic mass is 79.9. The van der Waals surface area contributed by atoms with Gasteiger partial charge in [0.1, 0.15) is 0 Å². The predicted octanol–water partition coefficient (Wildman–Crippen LogP) is 5.52. The molecule has 0 aliphatic rings. The van der Waals surface area contributed by atoms with Gasteiger partial charge in [-0.3, -0.25) is 9.59 Å². The van der Waals surface area contributed by atoms with E-state index in [1.165, 1.54) is 11.3 Å². The van der Waals surface area contributed by atoms with Crippen molar-refractivity contribution in [1.82, 2.24) is 4.98 Å². The van der Waals surface area contributed by atoms with Crippen molar-refractivity contribution >= 4 is 49.9 Å². The largest absolute Gasteiger partial charge is 0.481 e. The van der Waals surface area contributed by atoms with Gasteiger partial charge in [0.05, 0.1) is 15.1 Å². The average molecular weight is 440 g/mol. The number of carboxylic acids is 1. The van der Waals surface area contributed by atoms with Gasteiger partial charge in [-0.25, -0.2) is 0 Å². The summed E-state index contributed by atoms with van der Waals surface area (Å²) in [5.74, 6) is -1.04. The number of carbonyl (C=O) groups excluding carboxylic acids is 1. The molecule has 4 rings (SSSR count). The van der Waals surface area contributed by atoms with Gasteiger partial charge in [-0.15, -0.1) is 11.3 Å². The van der Waals surface area contributed by atoms with Gasteiger partial charge in [0.2, 0.25) is 5.78 Å². The predicted molar refractivity (Wildman–Crippen MR) is 111 cm³/mol. The molecule has 134 valence electrons. The van der Waals surface area contributed by atoms with Crippen LogP contribution < -0.4 is 0 Å². The molecule has 0 saturated heterocycles. The van der Waals surface area contributed by atoms with Crippen LogP contribution in [0.5, 0.6) is 0 Å². The maximum atomic E-state index is 12.8. The number of carboxylic acid groups (broad SMARTS) is 1. The molecule has 0 bridgehead atoms. The highest BCUT2D eigenvalue weighted by Gasteiger charge is 2.17. The first-order chi connectivity index (χ1) is 13.0. The number of ketones is 1. The topological polar surface area (TPSA) is 70.2 Å². The van der Waals surface area contributed by atoms with Crippen LogP contribution in [0.1, 0.15) is 20.8 Å². The summed E-state index contributed by atoms with van der Waals surface area (Å²) >= 11 is 4.61. The van der Waals surface area contributed by atoms with Crippen molar-refractivity contribution in [3.63, 3.8) is 0 Å². The number of carbonyl (C=O) groups is 2. The second kappa shape index (κ2) is 7.13. The molecule has 4 nitrogen and oxygen atoms in total. The van der Waals surface area contributed by atoms with E-state index in [9.17, 15) is 9.59 Å². The SMILES string of the molecule is O=C(O)Cc1cc(C(=O)c2ccc3cc(-c4ccccc4)[nH]c3c2)sc1Br. The van der Waals surface area contributed by atoms with Gasteiger partial charge in [0, 0.05) is 22.2 Å². The highest BCUT2D eigenvalue weighted by Crippen LogP contribution is 2.31. The molecule has 0 unspecified atom stereocenters. The summed E-state index contributed by atoms with van der Waals surface area (Å²) in [4.78, 5) is 27.7. The normalized spacial score (nSPS) is 11.0. The van der Waals surface area contributed by atoms with Crippen LogP contribution in [0.4, 0.5) is 0 Å². The zero-order valence-corrected chi connectivity index (χ0v) is 16.4. The van der Waals surface area contributed by atoms with Gasteiger partial charge >= 0.3 is 5.97 Å². The number of nitrogens with one attached hydrogen (secondary N) is 1. The Morgan fingerprint density at radius 1 is 1.04 bits per heavy atom. The maximum Gasteiger partial charge on any atom is 0.307 e. The standard InChI is InChI=1S/C21H14BrNO3S/c22-21-15(11-19(24)25)10-18(27-21)20(26)14-7-6-13-8-16(23-17(13)9-14)12-4-2-1-3-5-12/h1-10,23H,11H2,(H,24,25). The molecule has 0 aliphatic heterocycles. The lowest BCUT2D eigenvalue weighted by atomic mass is 10.1. The average Bonchev–Trinajstić information content (AvgIpc) is 3.24. The first-order valence-corrected chi connectivity index (χ1v) is 9.85. The van der Waals surface area contributed by atoms with Gasteiger partial charge in [0.15, 0.2) is 0 Å². The zero-order chi connectivity index (χ0) is 19.0. The third-order valence-corrected chi connectivity index (χ3v) is 6.25. The van der Waals surface area contributed by atoms with Crippen molar-refractivity contribution < 1.29 is 14.7 Å². The first-order valence-electron chi connectivity index (χ1n) is 8.24. The summed E-state index contributed by atoms with van der Waals surface area (Å²) in [5.41, 5.74) is 4.16. The number of benzene rings is 2. The van der Waals surface area contributed by atoms with Crippen molar-refractivity contribution in [2.45, 2.75) is 6.42 Å². The highest BCUT2D eigenvalue weighted by molar-refractivity contribution is 9.11. The van der Waals surface area contributed by atoms with E-state index in [4.69, 9.17) is 5.11 Å². The van der Waals surface area contributed by atoms with Crippen LogP contribution in [-0.2, 0) is 11.2 Å². The number of hydrogen-bond donors (Lipinski definition) is 2. The van der Waals surface area contributed by atoms with E-state index in [2.05, 4.69) is 27.0 Å². The van der Waals surface area contributed by atoms with Crippen LogP contribution in [0.3, 0.4) is 0 Å². The third kappa shape index (κ3) is 3.59. The number of rotatable bonds is 5. The smallest absolute Gasteiger partial charge is 0.307 e. The van der Waals surface area contributed by atoms with Crippen molar-refractivity contribution in [2.75, 3.05) is 0 Å². The van der Waals surface area contributed by atoms with Crippen LogP contribution in [0.15, 0.2) is 64.5 Å². The van der Waals surface area contributed by atoms with E-state index >= 15 is 0 Å². The minimum Gasteiger partial charge on any atom is -0.481 e. The molecule has 2 N–H and O–H groups in total. The summed E-state index contributed by atoms with van der Waals surface area (Å²) in [5, 5.41) is 10.00. The molecule has 0 saturated carbocycles. The summed E-state index contributed by atoms with van der Waals surface area (Å²) in [6.07, 6.45) is -0.111. The molecular weight excluding hydrogens is 426 g/mol. The number of aromatic amines is 1. The van der Waals surface area contributed by atoms with Crippen LogP contribution in [0.25, 0.3) is 22.2 Å². The molecule has 4 aromatic rings. The Labute approximate surface area is 167 Å². The molecule has 0 radical (unpaired) electrons. The summed E-state index contributed by atoms with van der Waals surface area (Å²) in [7, 11) is 0. The maximum absolute atomic E-state index is 12.8. The van der Waals surface area contributed by atoms with Crippen LogP contribution in [-0.4, -0.2) is 21.8 Å². The molecule has 0 atom stereocenters. The molecule has 0 amide bonds. The fraction of sp³-hybridized carbons (Fsp3) is 0.0476. The van der Waals surface area contributed by atoms with Crippen molar-refractivity contribution in [3.8, 4) is 11.3 Å². The Bertz CT molecular complexity index is 1160.